The molecule has 10 atom stereocenters. The second kappa shape index (κ2) is 28.0. The van der Waals surface area contributed by atoms with E-state index in [1.807, 2.05) is 32.1 Å². The monoisotopic (exact) mass is 1140 g/mol. The van der Waals surface area contributed by atoms with Crippen LogP contribution in [-0.2, 0) is 55.9 Å². The highest BCUT2D eigenvalue weighted by molar-refractivity contribution is 6.35. The minimum Gasteiger partial charge on any atom is -0.495 e. The van der Waals surface area contributed by atoms with Crippen LogP contribution in [0.15, 0.2) is 60.2 Å². The van der Waals surface area contributed by atoms with E-state index in [-0.39, 0.29) is 49.9 Å². The number of alkyl carbamates (subject to hydrolysis) is 1. The van der Waals surface area contributed by atoms with Crippen LogP contribution in [0.3, 0.4) is 0 Å². The number of rotatable bonds is 19. The Hall–Kier alpha value is -6.95. The summed E-state index contributed by atoms with van der Waals surface area (Å²) in [6, 6.07) is 6.32. The van der Waals surface area contributed by atoms with Crippen molar-refractivity contribution < 1.29 is 67.1 Å². The number of carbonyl (C=O) groups is 8. The third-order valence-electron chi connectivity index (χ3n) is 15.1. The summed E-state index contributed by atoms with van der Waals surface area (Å²) in [5, 5.41) is 22.7. The van der Waals surface area contributed by atoms with Gasteiger partial charge in [0.2, 0.25) is 23.6 Å². The van der Waals surface area contributed by atoms with E-state index in [1.165, 1.54) is 42.8 Å². The highest BCUT2D eigenvalue weighted by Gasteiger charge is 2.64. The smallest absolute Gasteiger partial charge is 0.409 e. The van der Waals surface area contributed by atoms with E-state index < -0.39 is 114 Å². The molecule has 80 heavy (non-hydrogen) atoms. The number of primary amides is 1. The number of benzene rings is 2. The molecule has 3 aliphatic rings. The van der Waals surface area contributed by atoms with Crippen LogP contribution in [0, 0.1) is 17.8 Å². The zero-order valence-corrected chi connectivity index (χ0v) is 48.3. The molecule has 0 saturated carbocycles. The number of allylic oxidation sites excluding steroid dienone is 3. The molecule has 440 valence electrons. The predicted molar refractivity (Wildman–Crippen MR) is 298 cm³/mol. The summed E-state index contributed by atoms with van der Waals surface area (Å²) in [7, 11) is 5.88. The third-order valence-corrected chi connectivity index (χ3v) is 15.5. The molecule has 3 aliphatic heterocycles. The molecule has 2 aromatic rings. The van der Waals surface area contributed by atoms with Crippen molar-refractivity contribution in [1.29, 1.82) is 0 Å². The maximum Gasteiger partial charge on any atom is 0.409 e. The van der Waals surface area contributed by atoms with Crippen LogP contribution in [0.2, 0.25) is 5.02 Å². The van der Waals surface area contributed by atoms with E-state index in [4.69, 9.17) is 46.8 Å². The topological polar surface area (TPSA) is 316 Å². The normalized spacial score (nSPS) is 25.1. The van der Waals surface area contributed by atoms with Gasteiger partial charge in [-0.1, -0.05) is 75.2 Å². The Morgan fingerprint density at radius 2 is 1.75 bits per heavy atom. The van der Waals surface area contributed by atoms with Crippen molar-refractivity contribution in [3.8, 4) is 5.75 Å². The van der Waals surface area contributed by atoms with Crippen LogP contribution in [0.1, 0.15) is 98.1 Å². The van der Waals surface area contributed by atoms with Gasteiger partial charge in [0, 0.05) is 64.6 Å². The number of esters is 1. The van der Waals surface area contributed by atoms with Gasteiger partial charge in [0.25, 0.3) is 0 Å². The molecule has 5 rings (SSSR count). The average molecular weight is 1140 g/mol. The van der Waals surface area contributed by atoms with Gasteiger partial charge in [-0.25, -0.2) is 19.2 Å². The number of aliphatic hydroxyl groups is 1. The summed E-state index contributed by atoms with van der Waals surface area (Å²) in [6.45, 7) is 12.3. The quantitative estimate of drug-likeness (QED) is 0.0420. The molecular formula is C56H80ClN9O14. The number of likely N-dealkylation sites (N-methyl/N-ethyl adjacent to an activating group) is 1. The number of anilines is 2. The lowest BCUT2D eigenvalue weighted by Gasteiger charge is -2.42. The van der Waals surface area contributed by atoms with Gasteiger partial charge in [-0.15, -0.1) is 0 Å². The highest BCUT2D eigenvalue weighted by Crippen LogP contribution is 2.49. The molecule has 2 fully saturated rings. The van der Waals surface area contributed by atoms with Gasteiger partial charge in [0.15, 0.2) is 0 Å². The van der Waals surface area contributed by atoms with Gasteiger partial charge in [-0.2, -0.15) is 0 Å². The number of halogens is 1. The molecule has 0 aliphatic carbocycles. The van der Waals surface area contributed by atoms with Gasteiger partial charge < -0.3 is 70.9 Å². The maximum absolute atomic E-state index is 14.4. The van der Waals surface area contributed by atoms with Crippen molar-refractivity contribution >= 4 is 70.8 Å². The minimum absolute atomic E-state index is 0.00860. The van der Waals surface area contributed by atoms with Gasteiger partial charge in [0.05, 0.1) is 31.4 Å². The fraction of sp³-hybridized carbons (Fsp3) is 0.571. The summed E-state index contributed by atoms with van der Waals surface area (Å²) in [4.78, 5) is 109. The first-order chi connectivity index (χ1) is 37.6. The largest absolute Gasteiger partial charge is 0.495 e. The standard InChI is InChI=1S/C56H80ClN9O14/c1-12-37-16-13-15-32(4)25-36-26-40(46(57)41(27-36)76-11)66(10)45(68)28-43(55(7)48(80-55)33(5)42-29-56(37,75)63-53(73)78-42)79-51(71)34(6)65(9)44(67)22-24-64(8)54(74)77-30-35-18-20-38(21-19-35)61-49(69)39(17-14-23-60-52(59)72)62-50(70)47(58)31(2)3/h13,15-16,18-21,26-27,31,33-34,37,39,42-43,47-48,75H,12,14,17,22-25,28-30,58H2,1-11H3,(H,61,69)(H,62,70)(H,63,73)(H3,59,60,72)/b16-13+,32-15+/t33-,34+,37-,39+,42+,43+,47+,48+,55+,56+/m1/s1. The number of hydrogen-bond donors (Lipinski definition) is 7. The van der Waals surface area contributed by atoms with Crippen LogP contribution in [0.5, 0.6) is 5.75 Å². The zero-order chi connectivity index (χ0) is 59.4. The molecule has 0 unspecified atom stereocenters. The molecule has 8 amide bonds. The fourth-order valence-corrected chi connectivity index (χ4v) is 9.88. The Morgan fingerprint density at radius 1 is 1.06 bits per heavy atom. The summed E-state index contributed by atoms with van der Waals surface area (Å²) in [5.41, 5.74) is 11.2. The Labute approximate surface area is 472 Å². The number of carbonyl (C=O) groups excluding carboxylic acids is 8. The molecule has 4 bridgehead atoms. The van der Waals surface area contributed by atoms with E-state index in [0.717, 1.165) is 11.1 Å². The summed E-state index contributed by atoms with van der Waals surface area (Å²) in [6.07, 6.45) is 2.10. The van der Waals surface area contributed by atoms with Gasteiger partial charge in [0.1, 0.15) is 53.0 Å². The Morgan fingerprint density at radius 3 is 2.39 bits per heavy atom. The molecule has 0 radical (unpaired) electrons. The lowest BCUT2D eigenvalue weighted by atomic mass is 9.80. The molecular weight excluding hydrogens is 1060 g/mol. The lowest BCUT2D eigenvalue weighted by molar-refractivity contribution is -0.162. The van der Waals surface area contributed by atoms with E-state index in [1.54, 1.807) is 71.1 Å². The predicted octanol–water partition coefficient (Wildman–Crippen LogP) is 5.04. The van der Waals surface area contributed by atoms with Crippen LogP contribution >= 0.6 is 11.6 Å². The van der Waals surface area contributed by atoms with Crippen molar-refractivity contribution in [2.24, 2.45) is 29.2 Å². The molecule has 0 aromatic heterocycles. The summed E-state index contributed by atoms with van der Waals surface area (Å²) < 4.78 is 29.4. The number of epoxide rings is 1. The zero-order valence-electron chi connectivity index (χ0n) is 47.6. The Kier molecular flexibility index (Phi) is 22.3. The van der Waals surface area contributed by atoms with Gasteiger partial charge >= 0.3 is 24.2 Å². The molecule has 2 aromatic carbocycles. The molecule has 2 saturated heterocycles. The molecule has 9 N–H and O–H groups in total. The fourth-order valence-electron chi connectivity index (χ4n) is 9.57. The van der Waals surface area contributed by atoms with E-state index in [0.29, 0.717) is 42.0 Å². The first-order valence-electron chi connectivity index (χ1n) is 26.8. The van der Waals surface area contributed by atoms with E-state index >= 15 is 0 Å². The van der Waals surface area contributed by atoms with Crippen molar-refractivity contribution in [2.75, 3.05) is 51.6 Å². The number of hydrogen-bond acceptors (Lipinski definition) is 15. The molecule has 24 heteroatoms. The second-order valence-electron chi connectivity index (χ2n) is 21.4. The van der Waals surface area contributed by atoms with Gasteiger partial charge in [-0.3, -0.25) is 24.5 Å². The number of urea groups is 1. The van der Waals surface area contributed by atoms with Crippen molar-refractivity contribution in [2.45, 2.75) is 148 Å². The number of amides is 8. The number of nitrogens with zero attached hydrogens (tertiary/aromatic N) is 3. The maximum atomic E-state index is 14.4. The van der Waals surface area contributed by atoms with Crippen LogP contribution < -0.4 is 42.4 Å². The number of fused-ring (bicyclic) bond motifs is 5. The molecule has 3 heterocycles. The van der Waals surface area contributed by atoms with Crippen LogP contribution in [0.25, 0.3) is 0 Å². The average Bonchev–Trinajstić information content (AvgIpc) is 4.31. The summed E-state index contributed by atoms with van der Waals surface area (Å²) in [5.74, 6) is -3.77. The van der Waals surface area contributed by atoms with Crippen LogP contribution in [0.4, 0.5) is 25.8 Å². The molecule has 0 spiro atoms. The SMILES string of the molecule is CC[C@@H]1/C=C/C=C(\C)Cc2cc(OC)c(Cl)c(c2)N(C)C(=O)C[C@H](OC(=O)[C@H](C)N(C)C(=O)CCN(C)C(=O)OCc2ccc(NC(=O)[C@H](CCCNC(N)=O)NC(=O)[C@@H](N)C(C)C)cc2)[C@]2(C)O[C@H]2[C@H](C)[C@@H]2C[C@@]1(O)NC(=O)O2. The van der Waals surface area contributed by atoms with E-state index in [2.05, 4.69) is 21.3 Å². The minimum atomic E-state index is -1.68. The lowest BCUT2D eigenvalue weighted by Crippen LogP contribution is -2.61. The number of nitrogens with one attached hydrogen (secondary N) is 4. The van der Waals surface area contributed by atoms with Crippen molar-refractivity contribution in [3.05, 3.63) is 76.3 Å². The second-order valence-corrected chi connectivity index (χ2v) is 21.8. The highest BCUT2D eigenvalue weighted by atomic mass is 35.5. The summed E-state index contributed by atoms with van der Waals surface area (Å²) >= 11 is 6.83. The molecule has 23 nitrogen and oxygen atoms in total. The Balaban J connectivity index is 1.23. The third kappa shape index (κ3) is 16.6. The number of methoxy groups -OCH3 is 1. The van der Waals surface area contributed by atoms with Crippen molar-refractivity contribution in [3.63, 3.8) is 0 Å². The van der Waals surface area contributed by atoms with Crippen molar-refractivity contribution in [1.82, 2.24) is 25.8 Å². The van der Waals surface area contributed by atoms with Gasteiger partial charge in [-0.05, 0) is 87.8 Å². The number of ether oxygens (including phenoxy) is 5. The van der Waals surface area contributed by atoms with E-state index in [9.17, 15) is 43.5 Å². The number of nitrogens with two attached hydrogens (primary N) is 2. The first-order valence-corrected chi connectivity index (χ1v) is 27.2. The van der Waals surface area contributed by atoms with Crippen LogP contribution in [-0.4, -0.2) is 152 Å². The first kappa shape index (κ1) is 63.9. The Bertz CT molecular complexity index is 2650.